The number of aromatic nitrogens is 2. The Morgan fingerprint density at radius 2 is 1.95 bits per heavy atom. The largest absolute Gasteiger partial charge is 0.497 e. The summed E-state index contributed by atoms with van der Waals surface area (Å²) in [6, 6.07) is 9.81. The Balaban J connectivity index is 2.32. The Kier molecular flexibility index (Phi) is 3.68. The molecule has 0 aliphatic rings. The first-order valence-electron chi connectivity index (χ1n) is 6.50. The molecule has 0 saturated heterocycles. The van der Waals surface area contributed by atoms with E-state index in [1.54, 1.807) is 7.11 Å². The highest BCUT2D eigenvalue weighted by Crippen LogP contribution is 2.35. The van der Waals surface area contributed by atoms with Gasteiger partial charge in [-0.2, -0.15) is 5.10 Å². The van der Waals surface area contributed by atoms with Gasteiger partial charge < -0.3 is 4.74 Å². The summed E-state index contributed by atoms with van der Waals surface area (Å²) < 4.78 is 8.16. The van der Waals surface area contributed by atoms with Gasteiger partial charge in [0, 0.05) is 10.0 Å². The van der Waals surface area contributed by atoms with Gasteiger partial charge in [0.2, 0.25) is 0 Å². The van der Waals surface area contributed by atoms with Crippen LogP contribution in [0.25, 0.3) is 16.8 Å². The third-order valence-corrected chi connectivity index (χ3v) is 4.38. The molecule has 2 heterocycles. The van der Waals surface area contributed by atoms with Crippen LogP contribution in [0, 0.1) is 13.8 Å². The second-order valence-electron chi connectivity index (χ2n) is 4.95. The van der Waals surface area contributed by atoms with E-state index in [0.717, 1.165) is 38.3 Å². The molecule has 0 unspecified atom stereocenters. The van der Waals surface area contributed by atoms with E-state index in [-0.39, 0.29) is 0 Å². The van der Waals surface area contributed by atoms with Crippen molar-refractivity contribution in [1.29, 1.82) is 0 Å². The molecular formula is C16H14BrClN2O. The number of ether oxygens (including phenoxy) is 1. The quantitative estimate of drug-likeness (QED) is 0.636. The van der Waals surface area contributed by atoms with Crippen molar-refractivity contribution in [2.45, 2.75) is 13.8 Å². The van der Waals surface area contributed by atoms with Crippen LogP contribution in [-0.2, 0) is 0 Å². The highest BCUT2D eigenvalue weighted by atomic mass is 79.9. The first-order chi connectivity index (χ1) is 10.0. The Bertz CT molecular complexity index is 842. The number of hydrogen-bond acceptors (Lipinski definition) is 2. The van der Waals surface area contributed by atoms with Crippen molar-refractivity contribution in [1.82, 2.24) is 9.61 Å². The molecule has 0 fully saturated rings. The second-order valence-corrected chi connectivity index (χ2v) is 6.21. The molecule has 5 heteroatoms. The van der Waals surface area contributed by atoms with Crippen molar-refractivity contribution in [3.05, 3.63) is 51.1 Å². The van der Waals surface area contributed by atoms with Crippen molar-refractivity contribution < 1.29 is 4.74 Å². The van der Waals surface area contributed by atoms with Gasteiger partial charge in [0.05, 0.1) is 29.0 Å². The van der Waals surface area contributed by atoms with Gasteiger partial charge in [0.25, 0.3) is 0 Å². The van der Waals surface area contributed by atoms with Crippen LogP contribution in [0.2, 0.25) is 5.02 Å². The Labute approximate surface area is 136 Å². The van der Waals surface area contributed by atoms with E-state index in [1.807, 2.05) is 35.7 Å². The maximum Gasteiger partial charge on any atom is 0.120 e. The molecule has 0 aliphatic heterocycles. The molecule has 0 aliphatic carbocycles. The van der Waals surface area contributed by atoms with Gasteiger partial charge in [-0.3, -0.25) is 0 Å². The van der Waals surface area contributed by atoms with Crippen LogP contribution < -0.4 is 4.74 Å². The zero-order chi connectivity index (χ0) is 15.1. The van der Waals surface area contributed by atoms with Gasteiger partial charge >= 0.3 is 0 Å². The molecule has 0 bridgehead atoms. The Hall–Kier alpha value is -1.52. The van der Waals surface area contributed by atoms with Crippen LogP contribution in [0.5, 0.6) is 5.75 Å². The van der Waals surface area contributed by atoms with Gasteiger partial charge in [0.1, 0.15) is 5.75 Å². The minimum Gasteiger partial charge on any atom is -0.497 e. The number of rotatable bonds is 2. The molecule has 108 valence electrons. The average Bonchev–Trinajstić information content (AvgIpc) is 2.75. The number of nitrogens with zero attached hydrogens (tertiary/aromatic N) is 2. The fourth-order valence-electron chi connectivity index (χ4n) is 2.48. The van der Waals surface area contributed by atoms with E-state index < -0.39 is 0 Å². The fourth-order valence-corrected chi connectivity index (χ4v) is 3.36. The highest BCUT2D eigenvalue weighted by Gasteiger charge is 2.15. The van der Waals surface area contributed by atoms with Crippen LogP contribution in [-0.4, -0.2) is 16.7 Å². The predicted molar refractivity (Wildman–Crippen MR) is 89.4 cm³/mol. The molecule has 0 amide bonds. The molecule has 2 aromatic heterocycles. The summed E-state index contributed by atoms with van der Waals surface area (Å²) in [6.45, 7) is 4.03. The summed E-state index contributed by atoms with van der Waals surface area (Å²) in [5.74, 6) is 0.743. The lowest BCUT2D eigenvalue weighted by atomic mass is 10.1. The number of fused-ring (bicyclic) bond motifs is 1. The number of aryl methyl sites for hydroxylation is 2. The predicted octanol–water partition coefficient (Wildman–Crippen LogP) is 5.04. The van der Waals surface area contributed by atoms with E-state index in [0.29, 0.717) is 5.02 Å². The molecule has 0 atom stereocenters. The Morgan fingerprint density at radius 1 is 1.19 bits per heavy atom. The zero-order valence-corrected chi connectivity index (χ0v) is 14.3. The molecule has 3 rings (SSSR count). The maximum atomic E-state index is 6.42. The number of benzene rings is 1. The standard InChI is InChI=1S/C16H14BrClN2O/c1-9-6-15-13(17)7-10(2)19-20(15)16(9)12-5-4-11(21-3)8-14(12)18/h4-8H,1-3H3. The van der Waals surface area contributed by atoms with E-state index in [4.69, 9.17) is 16.3 Å². The highest BCUT2D eigenvalue weighted by molar-refractivity contribution is 9.10. The van der Waals surface area contributed by atoms with Gasteiger partial charge in [-0.1, -0.05) is 11.6 Å². The molecule has 0 radical (unpaired) electrons. The summed E-state index contributed by atoms with van der Waals surface area (Å²) in [7, 11) is 1.63. The summed E-state index contributed by atoms with van der Waals surface area (Å²) >= 11 is 10.0. The third-order valence-electron chi connectivity index (χ3n) is 3.44. The molecule has 21 heavy (non-hydrogen) atoms. The van der Waals surface area contributed by atoms with Crippen LogP contribution in [0.4, 0.5) is 0 Å². The minimum absolute atomic E-state index is 0.650. The average molecular weight is 366 g/mol. The molecule has 0 N–H and O–H groups in total. The lowest BCUT2D eigenvalue weighted by Crippen LogP contribution is -1.98. The summed E-state index contributed by atoms with van der Waals surface area (Å²) in [5.41, 5.74) is 5.04. The molecule has 0 spiro atoms. The normalized spacial score (nSPS) is 11.1. The summed E-state index contributed by atoms with van der Waals surface area (Å²) in [5, 5.41) is 5.26. The minimum atomic E-state index is 0.650. The van der Waals surface area contributed by atoms with Crippen molar-refractivity contribution >= 4 is 33.0 Å². The van der Waals surface area contributed by atoms with Crippen LogP contribution in [0.15, 0.2) is 34.8 Å². The van der Waals surface area contributed by atoms with Crippen LogP contribution >= 0.6 is 27.5 Å². The van der Waals surface area contributed by atoms with Gasteiger partial charge in [-0.15, -0.1) is 0 Å². The van der Waals surface area contributed by atoms with E-state index in [1.165, 1.54) is 0 Å². The van der Waals surface area contributed by atoms with Crippen molar-refractivity contribution in [3.8, 4) is 17.0 Å². The molecule has 3 nitrogen and oxygen atoms in total. The number of halogens is 2. The van der Waals surface area contributed by atoms with E-state index in [9.17, 15) is 0 Å². The third kappa shape index (κ3) is 2.43. The molecule has 0 saturated carbocycles. The van der Waals surface area contributed by atoms with E-state index >= 15 is 0 Å². The lowest BCUT2D eigenvalue weighted by Gasteiger charge is -2.09. The lowest BCUT2D eigenvalue weighted by molar-refractivity contribution is 0.415. The number of hydrogen-bond donors (Lipinski definition) is 0. The first kappa shape index (κ1) is 14.4. The zero-order valence-electron chi connectivity index (χ0n) is 11.9. The summed E-state index contributed by atoms with van der Waals surface area (Å²) in [4.78, 5) is 0. The maximum absolute atomic E-state index is 6.42. The molecular weight excluding hydrogens is 352 g/mol. The first-order valence-corrected chi connectivity index (χ1v) is 7.67. The van der Waals surface area contributed by atoms with Crippen molar-refractivity contribution in [3.63, 3.8) is 0 Å². The van der Waals surface area contributed by atoms with Gasteiger partial charge in [-0.05, 0) is 65.7 Å². The second kappa shape index (κ2) is 5.35. The molecule has 3 aromatic rings. The van der Waals surface area contributed by atoms with E-state index in [2.05, 4.69) is 34.0 Å². The molecule has 1 aromatic carbocycles. The fraction of sp³-hybridized carbons (Fsp3) is 0.188. The van der Waals surface area contributed by atoms with Gasteiger partial charge in [0.15, 0.2) is 0 Å². The monoisotopic (exact) mass is 364 g/mol. The SMILES string of the molecule is COc1ccc(-c2c(C)cc3c(Br)cc(C)nn23)c(Cl)c1. The Morgan fingerprint density at radius 3 is 2.62 bits per heavy atom. The smallest absolute Gasteiger partial charge is 0.120 e. The summed E-state index contributed by atoms with van der Waals surface area (Å²) in [6.07, 6.45) is 0. The number of methoxy groups -OCH3 is 1. The van der Waals surface area contributed by atoms with Crippen LogP contribution in [0.1, 0.15) is 11.3 Å². The van der Waals surface area contributed by atoms with Gasteiger partial charge in [-0.25, -0.2) is 4.52 Å². The van der Waals surface area contributed by atoms with Crippen LogP contribution in [0.3, 0.4) is 0 Å². The van der Waals surface area contributed by atoms with Crippen molar-refractivity contribution in [2.24, 2.45) is 0 Å². The van der Waals surface area contributed by atoms with Crippen molar-refractivity contribution in [2.75, 3.05) is 7.11 Å². The topological polar surface area (TPSA) is 26.5 Å².